The molecule has 0 amide bonds. The molecule has 0 saturated heterocycles. The molecule has 3 aromatic heterocycles. The predicted molar refractivity (Wildman–Crippen MR) is 91.3 cm³/mol. The average molecular weight is 344 g/mol. The summed E-state index contributed by atoms with van der Waals surface area (Å²) in [5.74, 6) is 0.663. The van der Waals surface area contributed by atoms with Crippen molar-refractivity contribution in [3.63, 3.8) is 0 Å². The third kappa shape index (κ3) is 2.00. The van der Waals surface area contributed by atoms with Crippen molar-refractivity contribution in [2.75, 3.05) is 20.0 Å². The molecule has 0 radical (unpaired) electrons. The van der Waals surface area contributed by atoms with Crippen LogP contribution in [0.5, 0.6) is 11.5 Å². The molecule has 0 bridgehead atoms. The smallest absolute Gasteiger partial charge is 0.173 e. The molecule has 0 unspecified atom stereocenters. The second-order valence-electron chi connectivity index (χ2n) is 5.12. The Morgan fingerprint density at radius 2 is 2.00 bits per heavy atom. The number of ether oxygens (including phenoxy) is 2. The molecule has 8 heteroatoms. The van der Waals surface area contributed by atoms with Gasteiger partial charge in [-0.2, -0.15) is 5.10 Å². The van der Waals surface area contributed by atoms with Crippen LogP contribution in [0.4, 0.5) is 10.2 Å². The van der Waals surface area contributed by atoms with Gasteiger partial charge in [-0.05, 0) is 12.1 Å². The van der Waals surface area contributed by atoms with Crippen molar-refractivity contribution >= 4 is 32.8 Å². The zero-order valence-corrected chi connectivity index (χ0v) is 13.7. The summed E-state index contributed by atoms with van der Waals surface area (Å²) in [7, 11) is 2.97. The van der Waals surface area contributed by atoms with Crippen LogP contribution >= 0.6 is 11.3 Å². The Labute approximate surface area is 140 Å². The number of nitrogens with two attached hydrogens (primary N) is 1. The van der Waals surface area contributed by atoms with Gasteiger partial charge in [0.1, 0.15) is 17.6 Å². The van der Waals surface area contributed by atoms with Crippen LogP contribution in [0.3, 0.4) is 0 Å². The molecule has 24 heavy (non-hydrogen) atoms. The normalized spacial score (nSPS) is 11.3. The molecule has 0 aliphatic carbocycles. The number of hydrogen-bond donors (Lipinski definition) is 1. The molecule has 0 aliphatic rings. The van der Waals surface area contributed by atoms with Crippen molar-refractivity contribution < 1.29 is 13.9 Å². The minimum absolute atomic E-state index is 0.147. The third-order valence-corrected chi connectivity index (χ3v) is 5.04. The lowest BCUT2D eigenvalue weighted by Crippen LogP contribution is -1.98. The number of hydrogen-bond acceptors (Lipinski definition) is 6. The minimum Gasteiger partial charge on any atom is -0.495 e. The van der Waals surface area contributed by atoms with E-state index in [2.05, 4.69) is 10.1 Å². The Hall–Kier alpha value is -2.87. The van der Waals surface area contributed by atoms with Crippen LogP contribution in [-0.2, 0) is 0 Å². The van der Waals surface area contributed by atoms with Gasteiger partial charge >= 0.3 is 0 Å². The molecule has 0 fully saturated rings. The van der Waals surface area contributed by atoms with E-state index in [1.54, 1.807) is 30.0 Å². The Bertz CT molecular complexity index is 1070. The van der Waals surface area contributed by atoms with E-state index in [-0.39, 0.29) is 5.75 Å². The largest absolute Gasteiger partial charge is 0.495 e. The van der Waals surface area contributed by atoms with E-state index in [0.717, 1.165) is 10.4 Å². The number of fused-ring (bicyclic) bond motifs is 2. The number of anilines is 1. The Morgan fingerprint density at radius 1 is 1.21 bits per heavy atom. The lowest BCUT2D eigenvalue weighted by Gasteiger charge is -2.06. The maximum Gasteiger partial charge on any atom is 0.173 e. The van der Waals surface area contributed by atoms with Crippen LogP contribution < -0.4 is 15.2 Å². The molecule has 0 saturated carbocycles. The van der Waals surface area contributed by atoms with E-state index in [9.17, 15) is 4.39 Å². The average Bonchev–Trinajstić information content (AvgIpc) is 3.20. The zero-order valence-electron chi connectivity index (χ0n) is 12.9. The molecule has 0 atom stereocenters. The Morgan fingerprint density at radius 3 is 2.75 bits per heavy atom. The molecule has 0 spiro atoms. The van der Waals surface area contributed by atoms with Crippen molar-refractivity contribution in [1.29, 1.82) is 0 Å². The third-order valence-electron chi connectivity index (χ3n) is 3.86. The highest BCUT2D eigenvalue weighted by molar-refractivity contribution is 7.22. The van der Waals surface area contributed by atoms with Gasteiger partial charge in [0.05, 0.1) is 18.9 Å². The highest BCUT2D eigenvalue weighted by atomic mass is 32.1. The summed E-state index contributed by atoms with van der Waals surface area (Å²) in [6.07, 6.45) is 3.19. The first kappa shape index (κ1) is 14.7. The molecule has 122 valence electrons. The molecular formula is C16H13FN4O2S. The first-order chi connectivity index (χ1) is 11.6. The monoisotopic (exact) mass is 344 g/mol. The van der Waals surface area contributed by atoms with Crippen molar-refractivity contribution in [2.45, 2.75) is 0 Å². The fourth-order valence-corrected chi connectivity index (χ4v) is 3.90. The van der Waals surface area contributed by atoms with Gasteiger partial charge in [0.25, 0.3) is 0 Å². The van der Waals surface area contributed by atoms with E-state index in [4.69, 9.17) is 15.2 Å². The number of rotatable bonds is 3. The Balaban J connectivity index is 2.02. The van der Waals surface area contributed by atoms with Crippen molar-refractivity contribution in [2.24, 2.45) is 0 Å². The van der Waals surface area contributed by atoms with E-state index in [1.807, 2.05) is 6.07 Å². The van der Waals surface area contributed by atoms with Crippen LogP contribution in [0, 0.1) is 5.82 Å². The summed E-state index contributed by atoms with van der Waals surface area (Å²) >= 11 is 1.42. The second-order valence-corrected chi connectivity index (χ2v) is 6.17. The van der Waals surface area contributed by atoms with Gasteiger partial charge in [-0.25, -0.2) is 13.9 Å². The van der Waals surface area contributed by atoms with Crippen LogP contribution in [0.2, 0.25) is 0 Å². The van der Waals surface area contributed by atoms with Gasteiger partial charge < -0.3 is 15.2 Å². The minimum atomic E-state index is -0.413. The van der Waals surface area contributed by atoms with E-state index in [0.29, 0.717) is 27.2 Å². The number of nitrogen functional groups attached to an aromatic ring is 1. The molecule has 0 aliphatic heterocycles. The highest BCUT2D eigenvalue weighted by Crippen LogP contribution is 2.44. The molecule has 2 N–H and O–H groups in total. The first-order valence-electron chi connectivity index (χ1n) is 7.06. The number of halogens is 1. The SMILES string of the molecule is COc1cc(OC)c2sc(-c3ccn4ncnc(N)c34)cc2c1F. The maximum atomic E-state index is 14.6. The first-order valence-corrected chi connectivity index (χ1v) is 7.88. The van der Waals surface area contributed by atoms with Crippen LogP contribution in [-0.4, -0.2) is 28.8 Å². The maximum absolute atomic E-state index is 14.6. The summed E-state index contributed by atoms with van der Waals surface area (Å²) < 4.78 is 27.4. The highest BCUT2D eigenvalue weighted by Gasteiger charge is 2.19. The van der Waals surface area contributed by atoms with Gasteiger partial charge in [-0.1, -0.05) is 0 Å². The number of benzene rings is 1. The predicted octanol–water partition coefficient (Wildman–Crippen LogP) is 3.35. The molecule has 3 heterocycles. The summed E-state index contributed by atoms with van der Waals surface area (Å²) in [6.45, 7) is 0. The van der Waals surface area contributed by atoms with Gasteiger partial charge in [0.15, 0.2) is 17.4 Å². The van der Waals surface area contributed by atoms with E-state index >= 15 is 0 Å². The molecule has 6 nitrogen and oxygen atoms in total. The lowest BCUT2D eigenvalue weighted by atomic mass is 10.1. The summed E-state index contributed by atoms with van der Waals surface area (Å²) in [5, 5.41) is 4.58. The summed E-state index contributed by atoms with van der Waals surface area (Å²) in [4.78, 5) is 4.88. The van der Waals surface area contributed by atoms with Crippen molar-refractivity contribution in [3.8, 4) is 21.9 Å². The molecule has 1 aromatic carbocycles. The van der Waals surface area contributed by atoms with Gasteiger partial charge in [0, 0.05) is 28.1 Å². The van der Waals surface area contributed by atoms with Crippen LogP contribution in [0.1, 0.15) is 0 Å². The standard InChI is InChI=1S/C16H13FN4O2S/c1-22-10-6-11(23-2)15-9(13(10)17)5-12(24-15)8-3-4-21-14(8)16(18)19-7-20-21/h3-7H,1-2H3,(H2,18,19,20). The van der Waals surface area contributed by atoms with Crippen molar-refractivity contribution in [1.82, 2.24) is 14.6 Å². The van der Waals surface area contributed by atoms with Gasteiger partial charge in [0.2, 0.25) is 0 Å². The molecule has 4 aromatic rings. The summed E-state index contributed by atoms with van der Waals surface area (Å²) in [5.41, 5.74) is 7.51. The fraction of sp³-hybridized carbons (Fsp3) is 0.125. The summed E-state index contributed by atoms with van der Waals surface area (Å²) in [6, 6.07) is 5.20. The van der Waals surface area contributed by atoms with Crippen molar-refractivity contribution in [3.05, 3.63) is 36.5 Å². The van der Waals surface area contributed by atoms with Gasteiger partial charge in [-0.15, -0.1) is 11.3 Å². The van der Waals surface area contributed by atoms with Crippen LogP contribution in [0.15, 0.2) is 30.7 Å². The number of thiophene rings is 1. The lowest BCUT2D eigenvalue weighted by molar-refractivity contribution is 0.378. The molecule has 4 rings (SSSR count). The number of nitrogens with zero attached hydrogens (tertiary/aromatic N) is 3. The van der Waals surface area contributed by atoms with Crippen LogP contribution in [0.25, 0.3) is 26.0 Å². The van der Waals surface area contributed by atoms with E-state index < -0.39 is 5.82 Å². The van der Waals surface area contributed by atoms with E-state index in [1.165, 1.54) is 24.8 Å². The fourth-order valence-electron chi connectivity index (χ4n) is 2.73. The Kier molecular flexibility index (Phi) is 3.27. The quantitative estimate of drug-likeness (QED) is 0.617. The molecular weight excluding hydrogens is 331 g/mol. The zero-order chi connectivity index (χ0) is 16.8. The number of methoxy groups -OCH3 is 2. The second kappa shape index (κ2) is 5.34. The number of aromatic nitrogens is 3. The topological polar surface area (TPSA) is 74.7 Å². The van der Waals surface area contributed by atoms with Gasteiger partial charge in [-0.3, -0.25) is 0 Å².